The number of anilines is 2. The highest BCUT2D eigenvalue weighted by molar-refractivity contribution is 7.99. The van der Waals surface area contributed by atoms with Crippen LogP contribution >= 0.6 is 23.4 Å². The number of hydrogen-bond acceptors (Lipinski definition) is 5. The lowest BCUT2D eigenvalue weighted by atomic mass is 10.2. The van der Waals surface area contributed by atoms with Crippen LogP contribution in [0, 0.1) is 0 Å². The summed E-state index contributed by atoms with van der Waals surface area (Å²) in [5.41, 5.74) is 2.37. The summed E-state index contributed by atoms with van der Waals surface area (Å²) in [7, 11) is 0. The molecule has 0 aliphatic carbocycles. The van der Waals surface area contributed by atoms with Gasteiger partial charge in [-0.25, -0.2) is 0 Å². The van der Waals surface area contributed by atoms with Crippen molar-refractivity contribution < 1.29 is 9.59 Å². The molecule has 0 radical (unpaired) electrons. The van der Waals surface area contributed by atoms with Crippen LogP contribution in [0.1, 0.15) is 12.8 Å². The van der Waals surface area contributed by atoms with Crippen LogP contribution in [-0.2, 0) is 9.59 Å². The summed E-state index contributed by atoms with van der Waals surface area (Å²) in [6.07, 6.45) is 3.06. The van der Waals surface area contributed by atoms with E-state index in [1.165, 1.54) is 11.8 Å². The second kappa shape index (κ2) is 8.67. The number of nitrogens with one attached hydrogen (secondary N) is 1. The van der Waals surface area contributed by atoms with Crippen molar-refractivity contribution in [2.45, 2.75) is 18.0 Å². The van der Waals surface area contributed by atoms with Gasteiger partial charge >= 0.3 is 0 Å². The van der Waals surface area contributed by atoms with Gasteiger partial charge in [0.15, 0.2) is 5.16 Å². The van der Waals surface area contributed by atoms with E-state index in [1.807, 2.05) is 30.3 Å². The lowest BCUT2D eigenvalue weighted by molar-refractivity contribution is -0.117. The van der Waals surface area contributed by atoms with Crippen molar-refractivity contribution in [3.63, 3.8) is 0 Å². The van der Waals surface area contributed by atoms with Gasteiger partial charge in [0, 0.05) is 29.4 Å². The fourth-order valence-electron chi connectivity index (χ4n) is 3.10. The number of rotatable bonds is 6. The van der Waals surface area contributed by atoms with E-state index in [0.717, 1.165) is 24.3 Å². The molecule has 1 aliphatic heterocycles. The third kappa shape index (κ3) is 4.60. The number of halogens is 1. The van der Waals surface area contributed by atoms with E-state index in [4.69, 9.17) is 11.6 Å². The molecule has 1 saturated heterocycles. The summed E-state index contributed by atoms with van der Waals surface area (Å²) in [5, 5.41) is 12.1. The Hall–Kier alpha value is -2.84. The van der Waals surface area contributed by atoms with Crippen molar-refractivity contribution >= 4 is 46.6 Å². The molecule has 1 aromatic heterocycles. The maximum Gasteiger partial charge on any atom is 0.234 e. The van der Waals surface area contributed by atoms with Crippen molar-refractivity contribution in [1.29, 1.82) is 0 Å². The molecular formula is C20H18ClN5O2S. The molecular weight excluding hydrogens is 410 g/mol. The zero-order chi connectivity index (χ0) is 20.2. The first-order chi connectivity index (χ1) is 14.1. The maximum absolute atomic E-state index is 12.3. The summed E-state index contributed by atoms with van der Waals surface area (Å²) in [5.74, 6) is 0.175. The molecule has 4 rings (SSSR count). The zero-order valence-electron chi connectivity index (χ0n) is 15.4. The maximum atomic E-state index is 12.3. The first kappa shape index (κ1) is 19.5. The smallest absolute Gasteiger partial charge is 0.234 e. The highest BCUT2D eigenvalue weighted by Crippen LogP contribution is 2.24. The number of thioether (sulfide) groups is 1. The van der Waals surface area contributed by atoms with Gasteiger partial charge in [-0.05, 0) is 48.9 Å². The fraction of sp³-hybridized carbons (Fsp3) is 0.200. The predicted molar refractivity (Wildman–Crippen MR) is 114 cm³/mol. The van der Waals surface area contributed by atoms with Crippen molar-refractivity contribution in [3.8, 4) is 5.69 Å². The number of nitrogens with zero attached hydrogens (tertiary/aromatic N) is 4. The molecule has 29 heavy (non-hydrogen) atoms. The molecule has 0 bridgehead atoms. The SMILES string of the molecule is O=C(CSc1nncn1-c1cccc(Cl)c1)Nc1ccc(N2CCCC2=O)cc1. The van der Waals surface area contributed by atoms with Gasteiger partial charge in [0.1, 0.15) is 6.33 Å². The van der Waals surface area contributed by atoms with Crippen molar-refractivity contribution in [2.75, 3.05) is 22.5 Å². The number of hydrogen-bond donors (Lipinski definition) is 1. The summed E-state index contributed by atoms with van der Waals surface area (Å²) < 4.78 is 1.78. The van der Waals surface area contributed by atoms with E-state index in [-0.39, 0.29) is 17.6 Å². The Labute approximate surface area is 177 Å². The van der Waals surface area contributed by atoms with Gasteiger partial charge in [-0.1, -0.05) is 29.4 Å². The molecule has 1 fully saturated rings. The third-order valence-electron chi connectivity index (χ3n) is 4.47. The Balaban J connectivity index is 1.35. The van der Waals surface area contributed by atoms with Gasteiger partial charge in [-0.2, -0.15) is 0 Å². The van der Waals surface area contributed by atoms with Gasteiger partial charge in [-0.15, -0.1) is 10.2 Å². The second-order valence-electron chi connectivity index (χ2n) is 6.50. The minimum absolute atomic E-state index is 0.141. The molecule has 7 nitrogen and oxygen atoms in total. The van der Waals surface area contributed by atoms with E-state index in [0.29, 0.717) is 22.3 Å². The third-order valence-corrected chi connectivity index (χ3v) is 5.65. The second-order valence-corrected chi connectivity index (χ2v) is 7.87. The Kier molecular flexibility index (Phi) is 5.82. The zero-order valence-corrected chi connectivity index (χ0v) is 17.0. The van der Waals surface area contributed by atoms with E-state index in [1.54, 1.807) is 34.0 Å². The highest BCUT2D eigenvalue weighted by atomic mass is 35.5. The van der Waals surface area contributed by atoms with Gasteiger partial charge in [-0.3, -0.25) is 14.2 Å². The first-order valence-corrected chi connectivity index (χ1v) is 10.5. The Bertz CT molecular complexity index is 1040. The Morgan fingerprint density at radius 3 is 2.72 bits per heavy atom. The van der Waals surface area contributed by atoms with Crippen LogP contribution in [0.5, 0.6) is 0 Å². The summed E-state index contributed by atoms with van der Waals surface area (Å²) >= 11 is 7.33. The first-order valence-electron chi connectivity index (χ1n) is 9.09. The molecule has 1 aliphatic rings. The van der Waals surface area contributed by atoms with Crippen LogP contribution < -0.4 is 10.2 Å². The van der Waals surface area contributed by atoms with Gasteiger partial charge < -0.3 is 10.2 Å². The van der Waals surface area contributed by atoms with Gasteiger partial charge in [0.05, 0.1) is 11.4 Å². The molecule has 0 saturated carbocycles. The minimum Gasteiger partial charge on any atom is -0.325 e. The van der Waals surface area contributed by atoms with Crippen LogP contribution in [0.2, 0.25) is 5.02 Å². The molecule has 2 heterocycles. The van der Waals surface area contributed by atoms with E-state index >= 15 is 0 Å². The molecule has 1 N–H and O–H groups in total. The molecule has 0 atom stereocenters. The molecule has 148 valence electrons. The average molecular weight is 428 g/mol. The summed E-state index contributed by atoms with van der Waals surface area (Å²) in [6, 6.07) is 14.6. The van der Waals surface area contributed by atoms with Crippen molar-refractivity contribution in [3.05, 3.63) is 59.9 Å². The highest BCUT2D eigenvalue weighted by Gasteiger charge is 2.21. The number of carbonyl (C=O) groups excluding carboxylic acids is 2. The molecule has 0 unspecified atom stereocenters. The van der Waals surface area contributed by atoms with Crippen molar-refractivity contribution in [2.24, 2.45) is 0 Å². The lowest BCUT2D eigenvalue weighted by Gasteiger charge is -2.16. The molecule has 2 amide bonds. The van der Waals surface area contributed by atoms with Crippen LogP contribution in [-0.4, -0.2) is 38.9 Å². The van der Waals surface area contributed by atoms with Gasteiger partial charge in [0.25, 0.3) is 0 Å². The lowest BCUT2D eigenvalue weighted by Crippen LogP contribution is -2.23. The van der Waals surface area contributed by atoms with Crippen LogP contribution in [0.4, 0.5) is 11.4 Å². The number of amides is 2. The van der Waals surface area contributed by atoms with Crippen LogP contribution in [0.15, 0.2) is 60.0 Å². The number of aromatic nitrogens is 3. The minimum atomic E-state index is -0.152. The number of carbonyl (C=O) groups is 2. The average Bonchev–Trinajstić information content (AvgIpc) is 3.36. The van der Waals surface area contributed by atoms with E-state index in [2.05, 4.69) is 15.5 Å². The molecule has 0 spiro atoms. The molecule has 2 aromatic carbocycles. The monoisotopic (exact) mass is 427 g/mol. The van der Waals surface area contributed by atoms with E-state index in [9.17, 15) is 9.59 Å². The topological polar surface area (TPSA) is 80.1 Å². The molecule has 9 heteroatoms. The predicted octanol–water partition coefficient (Wildman–Crippen LogP) is 3.78. The van der Waals surface area contributed by atoms with E-state index < -0.39 is 0 Å². The fourth-order valence-corrected chi connectivity index (χ4v) is 4.01. The normalized spacial score (nSPS) is 13.7. The Morgan fingerprint density at radius 2 is 2.00 bits per heavy atom. The summed E-state index contributed by atoms with van der Waals surface area (Å²) in [4.78, 5) is 25.9. The van der Waals surface area contributed by atoms with Gasteiger partial charge in [0.2, 0.25) is 11.8 Å². The van der Waals surface area contributed by atoms with Crippen LogP contribution in [0.25, 0.3) is 5.69 Å². The summed E-state index contributed by atoms with van der Waals surface area (Å²) in [6.45, 7) is 0.745. The van der Waals surface area contributed by atoms with Crippen molar-refractivity contribution in [1.82, 2.24) is 14.8 Å². The quantitative estimate of drug-likeness (QED) is 0.605. The standard InChI is InChI=1S/C20H18ClN5O2S/c21-14-3-1-4-17(11-14)26-13-22-24-20(26)29-12-18(27)23-15-6-8-16(9-7-15)25-10-2-5-19(25)28/h1,3-4,6-9,11,13H,2,5,10,12H2,(H,23,27). The Morgan fingerprint density at radius 1 is 1.17 bits per heavy atom. The van der Waals surface area contributed by atoms with Crippen LogP contribution in [0.3, 0.4) is 0 Å². The molecule has 3 aromatic rings. The number of benzene rings is 2. The largest absolute Gasteiger partial charge is 0.325 e.